The molecular weight excluding hydrogens is 271 g/mol. The molecule has 1 aliphatic heterocycles. The molecule has 0 spiro atoms. The Kier molecular flexibility index (Phi) is 3.04. The Bertz CT molecular complexity index is 666. The molecular formula is C13H12Cl2N2O. The molecule has 0 N–H and O–H groups in total. The Balaban J connectivity index is 2.35. The van der Waals surface area contributed by atoms with Gasteiger partial charge >= 0.3 is 0 Å². The average molecular weight is 283 g/mol. The number of hydrogen-bond donors (Lipinski definition) is 0. The van der Waals surface area contributed by atoms with Gasteiger partial charge in [0.1, 0.15) is 5.82 Å². The van der Waals surface area contributed by atoms with Gasteiger partial charge in [0.2, 0.25) is 0 Å². The molecule has 0 aliphatic carbocycles. The highest BCUT2D eigenvalue weighted by Gasteiger charge is 2.20. The number of alkyl halides is 1. The molecule has 0 fully saturated rings. The lowest BCUT2D eigenvalue weighted by molar-refractivity contribution is 0.614. The van der Waals surface area contributed by atoms with Gasteiger partial charge in [0, 0.05) is 11.6 Å². The van der Waals surface area contributed by atoms with E-state index in [1.165, 1.54) is 0 Å². The zero-order valence-electron chi connectivity index (χ0n) is 9.70. The van der Waals surface area contributed by atoms with Crippen LogP contribution in [0.3, 0.4) is 0 Å². The number of fused-ring (bicyclic) bond motifs is 2. The molecule has 2 aromatic rings. The topological polar surface area (TPSA) is 34.9 Å². The quantitative estimate of drug-likeness (QED) is 0.693. The monoisotopic (exact) mass is 282 g/mol. The van der Waals surface area contributed by atoms with Crippen LogP contribution >= 0.6 is 23.2 Å². The fraction of sp³-hybridized carbons (Fsp3) is 0.385. The van der Waals surface area contributed by atoms with E-state index in [0.29, 0.717) is 28.3 Å². The summed E-state index contributed by atoms with van der Waals surface area (Å²) in [6.07, 6.45) is 2.85. The molecule has 1 atom stereocenters. The fourth-order valence-corrected chi connectivity index (χ4v) is 2.88. The summed E-state index contributed by atoms with van der Waals surface area (Å²) in [6, 6.07) is 5.19. The molecule has 1 aromatic heterocycles. The molecule has 0 amide bonds. The molecule has 0 bridgehead atoms. The van der Waals surface area contributed by atoms with Gasteiger partial charge in [-0.15, -0.1) is 11.6 Å². The van der Waals surface area contributed by atoms with Gasteiger partial charge in [-0.1, -0.05) is 11.6 Å². The summed E-state index contributed by atoms with van der Waals surface area (Å²) >= 11 is 12.2. The first-order valence-corrected chi connectivity index (χ1v) is 6.82. The third kappa shape index (κ3) is 1.91. The van der Waals surface area contributed by atoms with Crippen LogP contribution in [0, 0.1) is 0 Å². The molecule has 0 saturated carbocycles. The minimum absolute atomic E-state index is 0.0370. The summed E-state index contributed by atoms with van der Waals surface area (Å²) in [5.41, 5.74) is 0.633. The summed E-state index contributed by atoms with van der Waals surface area (Å²) in [6.45, 7) is 0.687. The minimum atomic E-state index is -0.180. The third-order valence-electron chi connectivity index (χ3n) is 3.32. The number of benzene rings is 1. The van der Waals surface area contributed by atoms with Crippen molar-refractivity contribution >= 4 is 34.1 Å². The molecule has 5 heteroatoms. The van der Waals surface area contributed by atoms with Crippen molar-refractivity contribution in [2.24, 2.45) is 0 Å². The van der Waals surface area contributed by atoms with Gasteiger partial charge in [0.05, 0.1) is 16.3 Å². The van der Waals surface area contributed by atoms with Crippen LogP contribution in [-0.2, 0) is 6.54 Å². The second-order valence-electron chi connectivity index (χ2n) is 4.55. The Labute approximate surface area is 114 Å². The summed E-state index contributed by atoms with van der Waals surface area (Å²) in [4.78, 5) is 17.0. The molecule has 1 aromatic carbocycles. The van der Waals surface area contributed by atoms with Crippen molar-refractivity contribution in [2.75, 3.05) is 0 Å². The first-order valence-electron chi connectivity index (χ1n) is 6.01. The van der Waals surface area contributed by atoms with Crippen molar-refractivity contribution in [2.45, 2.75) is 31.2 Å². The summed E-state index contributed by atoms with van der Waals surface area (Å²) < 4.78 is 1.70. The van der Waals surface area contributed by atoms with E-state index in [4.69, 9.17) is 23.2 Å². The van der Waals surface area contributed by atoms with Crippen molar-refractivity contribution in [3.63, 3.8) is 0 Å². The maximum absolute atomic E-state index is 12.4. The highest BCUT2D eigenvalue weighted by atomic mass is 35.5. The number of aromatic nitrogens is 2. The normalized spacial score (nSPS) is 19.6. The van der Waals surface area contributed by atoms with Gasteiger partial charge in [-0.2, -0.15) is 0 Å². The van der Waals surface area contributed by atoms with Crippen LogP contribution in [0.5, 0.6) is 0 Å². The second-order valence-corrected chi connectivity index (χ2v) is 5.51. The van der Waals surface area contributed by atoms with E-state index in [9.17, 15) is 4.79 Å². The van der Waals surface area contributed by atoms with Gasteiger partial charge in [0.25, 0.3) is 5.56 Å². The Morgan fingerprint density at radius 1 is 1.33 bits per heavy atom. The highest BCUT2D eigenvalue weighted by molar-refractivity contribution is 6.31. The Morgan fingerprint density at radius 3 is 3.00 bits per heavy atom. The molecule has 94 valence electrons. The highest BCUT2D eigenvalue weighted by Crippen LogP contribution is 2.28. The summed E-state index contributed by atoms with van der Waals surface area (Å²) in [5.74, 6) is 0.689. The van der Waals surface area contributed by atoms with Crippen molar-refractivity contribution < 1.29 is 0 Å². The van der Waals surface area contributed by atoms with E-state index in [2.05, 4.69) is 4.98 Å². The largest absolute Gasteiger partial charge is 0.295 e. The van der Waals surface area contributed by atoms with Crippen LogP contribution in [-0.4, -0.2) is 9.55 Å². The number of halogens is 2. The van der Waals surface area contributed by atoms with Crippen molar-refractivity contribution in [3.8, 4) is 0 Å². The number of hydrogen-bond acceptors (Lipinski definition) is 2. The van der Waals surface area contributed by atoms with E-state index in [1.54, 1.807) is 22.8 Å². The van der Waals surface area contributed by atoms with E-state index >= 15 is 0 Å². The predicted octanol–water partition coefficient (Wildman–Crippen LogP) is 3.51. The predicted molar refractivity (Wildman–Crippen MR) is 73.5 cm³/mol. The number of nitrogens with zero attached hydrogens (tertiary/aromatic N) is 2. The van der Waals surface area contributed by atoms with Gasteiger partial charge < -0.3 is 0 Å². The molecule has 18 heavy (non-hydrogen) atoms. The van der Waals surface area contributed by atoms with Gasteiger partial charge in [-0.3, -0.25) is 9.36 Å². The second kappa shape index (κ2) is 4.56. The molecule has 2 heterocycles. The molecule has 1 unspecified atom stereocenters. The standard InChI is InChI=1S/C13H12Cl2N2O/c14-8-4-5-11-9(7-8)13(18)17-6-2-1-3-10(15)12(17)16-11/h4-5,7,10H,1-3,6H2. The molecule has 3 rings (SSSR count). The van der Waals surface area contributed by atoms with Crippen molar-refractivity contribution in [1.82, 2.24) is 9.55 Å². The smallest absolute Gasteiger partial charge is 0.261 e. The number of rotatable bonds is 0. The summed E-state index contributed by atoms with van der Waals surface area (Å²) in [7, 11) is 0. The molecule has 0 saturated heterocycles. The van der Waals surface area contributed by atoms with Gasteiger partial charge in [-0.25, -0.2) is 4.98 Å². The van der Waals surface area contributed by atoms with Crippen LogP contribution in [0.15, 0.2) is 23.0 Å². The third-order valence-corrected chi connectivity index (χ3v) is 3.96. The zero-order chi connectivity index (χ0) is 12.7. The average Bonchev–Trinajstić information content (AvgIpc) is 2.54. The van der Waals surface area contributed by atoms with Crippen molar-refractivity contribution in [1.29, 1.82) is 0 Å². The van der Waals surface area contributed by atoms with Crippen LogP contribution < -0.4 is 5.56 Å². The van der Waals surface area contributed by atoms with E-state index < -0.39 is 0 Å². The molecule has 3 nitrogen and oxygen atoms in total. The lowest BCUT2D eigenvalue weighted by atomic mass is 10.2. The van der Waals surface area contributed by atoms with Gasteiger partial charge in [0.15, 0.2) is 0 Å². The van der Waals surface area contributed by atoms with Gasteiger partial charge in [-0.05, 0) is 37.5 Å². The molecule has 0 radical (unpaired) electrons. The lowest BCUT2D eigenvalue weighted by Crippen LogP contribution is -2.25. The van der Waals surface area contributed by atoms with E-state index in [1.807, 2.05) is 0 Å². The maximum atomic E-state index is 12.4. The summed E-state index contributed by atoms with van der Waals surface area (Å²) in [5, 5.41) is 0.940. The Morgan fingerprint density at radius 2 is 2.17 bits per heavy atom. The van der Waals surface area contributed by atoms with Crippen LogP contribution in [0.4, 0.5) is 0 Å². The molecule has 1 aliphatic rings. The Hall–Kier alpha value is -1.06. The SMILES string of the molecule is O=c1c2cc(Cl)ccc2nc2n1CCCCC2Cl. The van der Waals surface area contributed by atoms with E-state index in [0.717, 1.165) is 19.3 Å². The van der Waals surface area contributed by atoms with E-state index in [-0.39, 0.29) is 10.9 Å². The zero-order valence-corrected chi connectivity index (χ0v) is 11.2. The fourth-order valence-electron chi connectivity index (χ4n) is 2.39. The van der Waals surface area contributed by atoms with Crippen molar-refractivity contribution in [3.05, 3.63) is 39.4 Å². The first kappa shape index (κ1) is 12.0. The van der Waals surface area contributed by atoms with Crippen LogP contribution in [0.25, 0.3) is 10.9 Å². The first-order chi connectivity index (χ1) is 8.66. The van der Waals surface area contributed by atoms with Crippen LogP contribution in [0.1, 0.15) is 30.5 Å². The van der Waals surface area contributed by atoms with Crippen LogP contribution in [0.2, 0.25) is 5.02 Å². The lowest BCUT2D eigenvalue weighted by Gasteiger charge is -2.13. The minimum Gasteiger partial charge on any atom is -0.295 e. The maximum Gasteiger partial charge on any atom is 0.261 e.